The summed E-state index contributed by atoms with van der Waals surface area (Å²) in [5.41, 5.74) is 2.73. The molecule has 1 aromatic rings. The average Bonchev–Trinajstić information content (AvgIpc) is 3.24. The molecule has 2 aliphatic rings. The van der Waals surface area contributed by atoms with Crippen LogP contribution in [-0.4, -0.2) is 30.3 Å². The van der Waals surface area contributed by atoms with Crippen LogP contribution < -0.4 is 10.2 Å². The molecule has 1 saturated carbocycles. The van der Waals surface area contributed by atoms with Crippen molar-refractivity contribution in [1.29, 1.82) is 0 Å². The van der Waals surface area contributed by atoms with E-state index in [1.54, 1.807) is 0 Å². The second-order valence-electron chi connectivity index (χ2n) is 6.06. The fourth-order valence-corrected chi connectivity index (χ4v) is 2.86. The number of hydrogen-bond donors (Lipinski definition) is 2. The standard InChI is InChI=1S/C16H24N2O/c1-12-11-18(9-8-16(12)19)15-5-3-2-4-13(15)10-17-14-6-7-14/h2-5,12,14,16-17,19H,6-11H2,1H3. The monoisotopic (exact) mass is 260 g/mol. The van der Waals surface area contributed by atoms with Crippen LogP contribution in [0.25, 0.3) is 0 Å². The van der Waals surface area contributed by atoms with E-state index in [-0.39, 0.29) is 6.10 Å². The molecular formula is C16H24N2O. The molecule has 3 rings (SSSR count). The quantitative estimate of drug-likeness (QED) is 0.870. The molecule has 1 heterocycles. The molecule has 0 radical (unpaired) electrons. The molecule has 0 spiro atoms. The number of benzene rings is 1. The van der Waals surface area contributed by atoms with Gasteiger partial charge in [-0.25, -0.2) is 0 Å². The molecule has 3 heteroatoms. The molecule has 2 fully saturated rings. The molecule has 1 aliphatic heterocycles. The third kappa shape index (κ3) is 3.10. The van der Waals surface area contributed by atoms with E-state index in [0.717, 1.165) is 32.1 Å². The Kier molecular flexibility index (Phi) is 3.76. The van der Waals surface area contributed by atoms with E-state index in [4.69, 9.17) is 0 Å². The third-order valence-electron chi connectivity index (χ3n) is 4.35. The van der Waals surface area contributed by atoms with Crippen LogP contribution in [0.5, 0.6) is 0 Å². The second kappa shape index (κ2) is 5.51. The Morgan fingerprint density at radius 2 is 2.05 bits per heavy atom. The van der Waals surface area contributed by atoms with Crippen molar-refractivity contribution in [2.75, 3.05) is 18.0 Å². The Morgan fingerprint density at radius 3 is 2.79 bits per heavy atom. The summed E-state index contributed by atoms with van der Waals surface area (Å²) in [5.74, 6) is 0.359. The molecular weight excluding hydrogens is 236 g/mol. The molecule has 1 aliphatic carbocycles. The molecule has 19 heavy (non-hydrogen) atoms. The Balaban J connectivity index is 1.71. The maximum atomic E-state index is 9.86. The van der Waals surface area contributed by atoms with Crippen molar-refractivity contribution in [3.05, 3.63) is 29.8 Å². The van der Waals surface area contributed by atoms with Gasteiger partial charge in [-0.1, -0.05) is 25.1 Å². The van der Waals surface area contributed by atoms with E-state index >= 15 is 0 Å². The van der Waals surface area contributed by atoms with Crippen LogP contribution in [0.15, 0.2) is 24.3 Å². The number of hydrogen-bond acceptors (Lipinski definition) is 3. The van der Waals surface area contributed by atoms with Gasteiger partial charge in [0.1, 0.15) is 0 Å². The molecule has 0 bridgehead atoms. The van der Waals surface area contributed by atoms with E-state index in [2.05, 4.69) is 41.4 Å². The summed E-state index contributed by atoms with van der Waals surface area (Å²) in [6.07, 6.45) is 3.41. The third-order valence-corrected chi connectivity index (χ3v) is 4.35. The number of para-hydroxylation sites is 1. The lowest BCUT2D eigenvalue weighted by molar-refractivity contribution is 0.0970. The smallest absolute Gasteiger partial charge is 0.0599 e. The average molecular weight is 260 g/mol. The summed E-state index contributed by atoms with van der Waals surface area (Å²) in [7, 11) is 0. The predicted molar refractivity (Wildman–Crippen MR) is 78.3 cm³/mol. The molecule has 3 nitrogen and oxygen atoms in total. The lowest BCUT2D eigenvalue weighted by atomic mass is 9.95. The topological polar surface area (TPSA) is 35.5 Å². The van der Waals surface area contributed by atoms with Crippen LogP contribution in [0.4, 0.5) is 5.69 Å². The first kappa shape index (κ1) is 12.9. The van der Waals surface area contributed by atoms with E-state index in [0.29, 0.717) is 5.92 Å². The number of rotatable bonds is 4. The van der Waals surface area contributed by atoms with Crippen molar-refractivity contribution in [1.82, 2.24) is 5.32 Å². The van der Waals surface area contributed by atoms with E-state index in [9.17, 15) is 5.11 Å². The van der Waals surface area contributed by atoms with Crippen molar-refractivity contribution in [2.45, 2.75) is 44.9 Å². The second-order valence-corrected chi connectivity index (χ2v) is 6.06. The Bertz CT molecular complexity index is 431. The minimum Gasteiger partial charge on any atom is -0.393 e. The number of aliphatic hydroxyl groups is 1. The molecule has 104 valence electrons. The summed E-state index contributed by atoms with van der Waals surface area (Å²) in [6.45, 7) is 5.03. The summed E-state index contributed by atoms with van der Waals surface area (Å²) >= 11 is 0. The fraction of sp³-hybridized carbons (Fsp3) is 0.625. The summed E-state index contributed by atoms with van der Waals surface area (Å²) < 4.78 is 0. The molecule has 2 atom stereocenters. The predicted octanol–water partition coefficient (Wildman–Crippen LogP) is 2.15. The zero-order valence-electron chi connectivity index (χ0n) is 11.7. The van der Waals surface area contributed by atoms with Gasteiger partial charge in [-0.3, -0.25) is 0 Å². The minimum absolute atomic E-state index is 0.131. The zero-order chi connectivity index (χ0) is 13.2. The molecule has 1 saturated heterocycles. The fourth-order valence-electron chi connectivity index (χ4n) is 2.86. The van der Waals surface area contributed by atoms with Crippen molar-refractivity contribution >= 4 is 5.69 Å². The largest absolute Gasteiger partial charge is 0.393 e. The number of aliphatic hydroxyl groups excluding tert-OH is 1. The normalized spacial score (nSPS) is 27.6. The summed E-state index contributed by atoms with van der Waals surface area (Å²) in [6, 6.07) is 9.42. The van der Waals surface area contributed by atoms with Crippen LogP contribution >= 0.6 is 0 Å². The van der Waals surface area contributed by atoms with Crippen molar-refractivity contribution in [3.63, 3.8) is 0 Å². The molecule has 1 aromatic carbocycles. The highest BCUT2D eigenvalue weighted by molar-refractivity contribution is 5.54. The first-order valence-electron chi connectivity index (χ1n) is 7.48. The Morgan fingerprint density at radius 1 is 1.26 bits per heavy atom. The maximum Gasteiger partial charge on any atom is 0.0599 e. The van der Waals surface area contributed by atoms with Gasteiger partial charge in [-0.05, 0) is 36.8 Å². The van der Waals surface area contributed by atoms with E-state index in [1.165, 1.54) is 24.1 Å². The first-order valence-corrected chi connectivity index (χ1v) is 7.48. The van der Waals surface area contributed by atoms with Crippen molar-refractivity contribution < 1.29 is 5.11 Å². The lowest BCUT2D eigenvalue weighted by Gasteiger charge is -2.37. The van der Waals surface area contributed by atoms with Crippen LogP contribution in [0.1, 0.15) is 31.7 Å². The number of piperidine rings is 1. The Hall–Kier alpha value is -1.06. The highest BCUT2D eigenvalue weighted by atomic mass is 16.3. The van der Waals surface area contributed by atoms with Gasteiger partial charge in [0.15, 0.2) is 0 Å². The number of anilines is 1. The molecule has 2 unspecified atom stereocenters. The van der Waals surface area contributed by atoms with Gasteiger partial charge in [0, 0.05) is 31.4 Å². The summed E-state index contributed by atoms with van der Waals surface area (Å²) in [4.78, 5) is 2.43. The molecule has 2 N–H and O–H groups in total. The SMILES string of the molecule is CC1CN(c2ccccc2CNC2CC2)CCC1O. The first-order chi connectivity index (χ1) is 9.24. The van der Waals surface area contributed by atoms with Gasteiger partial charge < -0.3 is 15.3 Å². The molecule has 0 aromatic heterocycles. The molecule has 0 amide bonds. The van der Waals surface area contributed by atoms with E-state index in [1.807, 2.05) is 0 Å². The van der Waals surface area contributed by atoms with Gasteiger partial charge in [0.2, 0.25) is 0 Å². The van der Waals surface area contributed by atoms with Crippen LogP contribution in [-0.2, 0) is 6.54 Å². The van der Waals surface area contributed by atoms with Gasteiger partial charge in [-0.15, -0.1) is 0 Å². The van der Waals surface area contributed by atoms with Gasteiger partial charge in [0.25, 0.3) is 0 Å². The maximum absolute atomic E-state index is 9.86. The van der Waals surface area contributed by atoms with Gasteiger partial charge in [0.05, 0.1) is 6.10 Å². The van der Waals surface area contributed by atoms with Crippen LogP contribution in [0, 0.1) is 5.92 Å². The zero-order valence-corrected chi connectivity index (χ0v) is 11.7. The number of nitrogens with zero attached hydrogens (tertiary/aromatic N) is 1. The van der Waals surface area contributed by atoms with Crippen molar-refractivity contribution in [3.8, 4) is 0 Å². The van der Waals surface area contributed by atoms with Crippen LogP contribution in [0.3, 0.4) is 0 Å². The van der Waals surface area contributed by atoms with E-state index < -0.39 is 0 Å². The highest BCUT2D eigenvalue weighted by Gasteiger charge is 2.26. The van der Waals surface area contributed by atoms with Gasteiger partial charge in [-0.2, -0.15) is 0 Å². The Labute approximate surface area is 115 Å². The minimum atomic E-state index is -0.131. The highest BCUT2D eigenvalue weighted by Crippen LogP contribution is 2.27. The lowest BCUT2D eigenvalue weighted by Crippen LogP contribution is -2.42. The van der Waals surface area contributed by atoms with Gasteiger partial charge >= 0.3 is 0 Å². The van der Waals surface area contributed by atoms with Crippen LogP contribution in [0.2, 0.25) is 0 Å². The number of nitrogens with one attached hydrogen (secondary N) is 1. The summed E-state index contributed by atoms with van der Waals surface area (Å²) in [5, 5.41) is 13.5. The van der Waals surface area contributed by atoms with Crippen molar-refractivity contribution in [2.24, 2.45) is 5.92 Å².